The van der Waals surface area contributed by atoms with Crippen LogP contribution in [0.15, 0.2) is 17.0 Å². The SMILES string of the molecule is COCC1CCN(S(=O)(=O)c2cc(N)cc(C)c2F)CC1. The van der Waals surface area contributed by atoms with Crippen LogP contribution in [-0.2, 0) is 14.8 Å². The normalized spacial score (nSPS) is 18.0. The summed E-state index contributed by atoms with van der Waals surface area (Å²) in [6.07, 6.45) is 1.44. The molecule has 0 aromatic heterocycles. The molecule has 0 atom stereocenters. The second-order valence-electron chi connectivity index (χ2n) is 5.45. The predicted molar refractivity (Wildman–Crippen MR) is 78.9 cm³/mol. The molecule has 0 radical (unpaired) electrons. The van der Waals surface area contributed by atoms with Gasteiger partial charge in [0.25, 0.3) is 0 Å². The summed E-state index contributed by atoms with van der Waals surface area (Å²) in [4.78, 5) is -0.329. The number of nitrogen functional groups attached to an aromatic ring is 1. The fraction of sp³-hybridized carbons (Fsp3) is 0.571. The van der Waals surface area contributed by atoms with Gasteiger partial charge in [0.05, 0.1) is 0 Å². The van der Waals surface area contributed by atoms with Crippen LogP contribution in [0.5, 0.6) is 0 Å². The Morgan fingerprint density at radius 3 is 2.57 bits per heavy atom. The lowest BCUT2D eigenvalue weighted by atomic mass is 9.99. The third-order valence-corrected chi connectivity index (χ3v) is 5.74. The van der Waals surface area contributed by atoms with Crippen LogP contribution in [0.1, 0.15) is 18.4 Å². The molecule has 118 valence electrons. The van der Waals surface area contributed by atoms with Crippen molar-refractivity contribution in [2.24, 2.45) is 5.92 Å². The summed E-state index contributed by atoms with van der Waals surface area (Å²) in [6, 6.07) is 2.62. The molecule has 5 nitrogen and oxygen atoms in total. The van der Waals surface area contributed by atoms with E-state index >= 15 is 0 Å². The van der Waals surface area contributed by atoms with Crippen molar-refractivity contribution in [2.75, 3.05) is 32.5 Å². The van der Waals surface area contributed by atoms with Crippen molar-refractivity contribution >= 4 is 15.7 Å². The molecule has 21 heavy (non-hydrogen) atoms. The number of anilines is 1. The average Bonchev–Trinajstić information content (AvgIpc) is 2.43. The van der Waals surface area contributed by atoms with Gasteiger partial charge in [-0.2, -0.15) is 4.31 Å². The topological polar surface area (TPSA) is 72.6 Å². The van der Waals surface area contributed by atoms with Gasteiger partial charge >= 0.3 is 0 Å². The lowest BCUT2D eigenvalue weighted by molar-refractivity contribution is 0.121. The molecular weight excluding hydrogens is 295 g/mol. The van der Waals surface area contributed by atoms with Gasteiger partial charge in [0, 0.05) is 32.5 Å². The molecule has 0 aliphatic carbocycles. The van der Waals surface area contributed by atoms with Gasteiger partial charge in [-0.05, 0) is 43.4 Å². The van der Waals surface area contributed by atoms with E-state index in [1.54, 1.807) is 7.11 Å². The summed E-state index contributed by atoms with van der Waals surface area (Å²) in [6.45, 7) is 2.89. The third-order valence-electron chi connectivity index (χ3n) is 3.84. The number of sulfonamides is 1. The molecule has 1 aromatic carbocycles. The monoisotopic (exact) mass is 316 g/mol. The van der Waals surface area contributed by atoms with E-state index in [1.165, 1.54) is 23.4 Å². The summed E-state index contributed by atoms with van der Waals surface area (Å²) in [5.74, 6) is -0.364. The predicted octanol–water partition coefficient (Wildman–Crippen LogP) is 1.76. The smallest absolute Gasteiger partial charge is 0.246 e. The lowest BCUT2D eigenvalue weighted by Gasteiger charge is -2.31. The van der Waals surface area contributed by atoms with Gasteiger partial charge in [0.15, 0.2) is 0 Å². The van der Waals surface area contributed by atoms with Gasteiger partial charge in [0.1, 0.15) is 10.7 Å². The van der Waals surface area contributed by atoms with E-state index in [2.05, 4.69) is 0 Å². The molecule has 1 aliphatic rings. The first-order chi connectivity index (χ1) is 9.86. The first kappa shape index (κ1) is 16.2. The molecule has 1 aliphatic heterocycles. The molecule has 0 bridgehead atoms. The van der Waals surface area contributed by atoms with Gasteiger partial charge in [-0.3, -0.25) is 0 Å². The van der Waals surface area contributed by atoms with Crippen LogP contribution < -0.4 is 5.73 Å². The quantitative estimate of drug-likeness (QED) is 0.859. The summed E-state index contributed by atoms with van der Waals surface area (Å²) >= 11 is 0. The Kier molecular flexibility index (Phi) is 4.85. The maximum Gasteiger partial charge on any atom is 0.246 e. The van der Waals surface area contributed by atoms with Crippen molar-refractivity contribution in [2.45, 2.75) is 24.7 Å². The summed E-state index contributed by atoms with van der Waals surface area (Å²) < 4.78 is 45.7. The van der Waals surface area contributed by atoms with Crippen molar-refractivity contribution in [3.63, 3.8) is 0 Å². The van der Waals surface area contributed by atoms with Crippen molar-refractivity contribution < 1.29 is 17.5 Å². The third kappa shape index (κ3) is 3.36. The van der Waals surface area contributed by atoms with Gasteiger partial charge in [-0.1, -0.05) is 0 Å². The summed E-state index contributed by atoms with van der Waals surface area (Å²) in [5.41, 5.74) is 6.14. The molecule has 2 rings (SSSR count). The Balaban J connectivity index is 2.24. The highest BCUT2D eigenvalue weighted by atomic mass is 32.2. The summed E-state index contributed by atoms with van der Waals surface area (Å²) in [5, 5.41) is 0. The van der Waals surface area contributed by atoms with E-state index in [0.29, 0.717) is 25.6 Å². The Morgan fingerprint density at radius 2 is 2.00 bits per heavy atom. The number of aryl methyl sites for hydroxylation is 1. The Bertz CT molecular complexity index is 611. The Hall–Kier alpha value is -1.18. The zero-order valence-electron chi connectivity index (χ0n) is 12.3. The second kappa shape index (κ2) is 6.29. The van der Waals surface area contributed by atoms with E-state index in [9.17, 15) is 12.8 Å². The molecule has 0 unspecified atom stereocenters. The van der Waals surface area contributed by atoms with E-state index in [1.807, 2.05) is 0 Å². The van der Waals surface area contributed by atoms with Crippen LogP contribution in [0.4, 0.5) is 10.1 Å². The first-order valence-corrected chi connectivity index (χ1v) is 8.35. The molecule has 2 N–H and O–H groups in total. The fourth-order valence-electron chi connectivity index (χ4n) is 2.64. The number of rotatable bonds is 4. The number of ether oxygens (including phenoxy) is 1. The highest BCUT2D eigenvalue weighted by molar-refractivity contribution is 7.89. The maximum absolute atomic E-state index is 14.1. The van der Waals surface area contributed by atoms with Crippen molar-refractivity contribution in [1.82, 2.24) is 4.31 Å². The van der Waals surface area contributed by atoms with E-state index < -0.39 is 15.8 Å². The largest absolute Gasteiger partial charge is 0.399 e. The number of methoxy groups -OCH3 is 1. The van der Waals surface area contributed by atoms with Crippen LogP contribution in [0.3, 0.4) is 0 Å². The number of hydrogen-bond donors (Lipinski definition) is 1. The molecule has 0 spiro atoms. The van der Waals surface area contributed by atoms with Crippen LogP contribution in [0.2, 0.25) is 0 Å². The van der Waals surface area contributed by atoms with Crippen molar-refractivity contribution in [1.29, 1.82) is 0 Å². The molecule has 7 heteroatoms. The number of nitrogens with two attached hydrogens (primary N) is 1. The van der Waals surface area contributed by atoms with Crippen LogP contribution in [0, 0.1) is 18.7 Å². The number of piperidine rings is 1. The standard InChI is InChI=1S/C14H21FN2O3S/c1-10-7-12(16)8-13(14(10)15)21(18,19)17-5-3-11(4-6-17)9-20-2/h7-8,11H,3-6,9,16H2,1-2H3. The Labute approximate surface area is 124 Å². The van der Waals surface area contributed by atoms with E-state index in [0.717, 1.165) is 12.8 Å². The zero-order chi connectivity index (χ0) is 15.6. The van der Waals surface area contributed by atoms with Crippen molar-refractivity contribution in [3.05, 3.63) is 23.5 Å². The van der Waals surface area contributed by atoms with Gasteiger partial charge in [0.2, 0.25) is 10.0 Å². The number of nitrogens with zero attached hydrogens (tertiary/aromatic N) is 1. The number of benzene rings is 1. The van der Waals surface area contributed by atoms with Gasteiger partial charge < -0.3 is 10.5 Å². The van der Waals surface area contributed by atoms with Gasteiger partial charge in [-0.25, -0.2) is 12.8 Å². The highest BCUT2D eigenvalue weighted by Crippen LogP contribution is 2.28. The van der Waals surface area contributed by atoms with Crippen LogP contribution in [-0.4, -0.2) is 39.5 Å². The minimum Gasteiger partial charge on any atom is -0.399 e. The molecular formula is C14H21FN2O3S. The lowest BCUT2D eigenvalue weighted by Crippen LogP contribution is -2.39. The molecule has 1 fully saturated rings. The first-order valence-electron chi connectivity index (χ1n) is 6.91. The second-order valence-corrected chi connectivity index (χ2v) is 7.36. The fourth-order valence-corrected chi connectivity index (χ4v) is 4.29. The van der Waals surface area contributed by atoms with E-state index in [-0.39, 0.29) is 16.1 Å². The highest BCUT2D eigenvalue weighted by Gasteiger charge is 2.32. The van der Waals surface area contributed by atoms with Gasteiger partial charge in [-0.15, -0.1) is 0 Å². The minimum absolute atomic E-state index is 0.239. The minimum atomic E-state index is -3.84. The van der Waals surface area contributed by atoms with Crippen LogP contribution in [0.25, 0.3) is 0 Å². The Morgan fingerprint density at radius 1 is 1.38 bits per heavy atom. The molecule has 1 aromatic rings. The zero-order valence-corrected chi connectivity index (χ0v) is 13.1. The average molecular weight is 316 g/mol. The van der Waals surface area contributed by atoms with E-state index in [4.69, 9.17) is 10.5 Å². The molecule has 0 saturated carbocycles. The maximum atomic E-state index is 14.1. The molecule has 1 heterocycles. The molecule has 1 saturated heterocycles. The van der Waals surface area contributed by atoms with Crippen molar-refractivity contribution in [3.8, 4) is 0 Å². The summed E-state index contributed by atoms with van der Waals surface area (Å²) in [7, 11) is -2.21. The molecule has 0 amide bonds. The number of hydrogen-bond acceptors (Lipinski definition) is 4. The van der Waals surface area contributed by atoms with Crippen LogP contribution >= 0.6 is 0 Å². The number of halogens is 1.